The lowest BCUT2D eigenvalue weighted by atomic mass is 10.1. The first-order chi connectivity index (χ1) is 7.75. The van der Waals surface area contributed by atoms with E-state index in [4.69, 9.17) is 4.74 Å². The lowest BCUT2D eigenvalue weighted by Crippen LogP contribution is -1.85. The zero-order valence-electron chi connectivity index (χ0n) is 9.08. The van der Waals surface area contributed by atoms with Gasteiger partial charge >= 0.3 is 0 Å². The molecule has 2 nitrogen and oxygen atoms in total. The highest BCUT2D eigenvalue weighted by molar-refractivity contribution is 8.13. The molecule has 1 aromatic carbocycles. The van der Waals surface area contributed by atoms with Crippen LogP contribution in [-0.2, 0) is 11.2 Å². The summed E-state index contributed by atoms with van der Waals surface area (Å²) in [6.45, 7) is 2.32. The van der Waals surface area contributed by atoms with Crippen molar-refractivity contribution in [1.82, 2.24) is 0 Å². The van der Waals surface area contributed by atoms with Crippen molar-refractivity contribution >= 4 is 16.9 Å². The molecule has 3 heteroatoms. The second-order valence-corrected chi connectivity index (χ2v) is 4.66. The van der Waals surface area contributed by atoms with Crippen LogP contribution in [0.5, 0.6) is 5.75 Å². The summed E-state index contributed by atoms with van der Waals surface area (Å²) in [6.07, 6.45) is 0.965. The molecule has 16 heavy (non-hydrogen) atoms. The molecular weight excluding hydrogens is 220 g/mol. The van der Waals surface area contributed by atoms with E-state index in [1.54, 1.807) is 6.92 Å². The number of benzene rings is 1. The summed E-state index contributed by atoms with van der Waals surface area (Å²) >= 11 is 1.24. The first-order valence-corrected chi connectivity index (χ1v) is 6.12. The zero-order valence-corrected chi connectivity index (χ0v) is 9.89. The van der Waals surface area contributed by atoms with Gasteiger partial charge < -0.3 is 4.74 Å². The molecule has 0 unspecified atom stereocenters. The fourth-order valence-electron chi connectivity index (χ4n) is 1.54. The minimum absolute atomic E-state index is 0.108. The Bertz CT molecular complexity index is 469. The van der Waals surface area contributed by atoms with E-state index in [1.165, 1.54) is 17.3 Å². The molecule has 1 aromatic rings. The average molecular weight is 232 g/mol. The molecule has 0 N–H and O–H groups in total. The summed E-state index contributed by atoms with van der Waals surface area (Å²) in [5.41, 5.74) is 2.22. The van der Waals surface area contributed by atoms with E-state index in [2.05, 4.69) is 17.9 Å². The van der Waals surface area contributed by atoms with Crippen molar-refractivity contribution in [1.29, 1.82) is 0 Å². The fraction of sp³-hybridized carbons (Fsp3) is 0.308. The Morgan fingerprint density at radius 2 is 2.44 bits per heavy atom. The third kappa shape index (κ3) is 2.80. The molecule has 1 aliphatic heterocycles. The maximum Gasteiger partial charge on any atom is 0.186 e. The van der Waals surface area contributed by atoms with E-state index in [1.807, 2.05) is 12.1 Å². The Morgan fingerprint density at radius 1 is 1.56 bits per heavy atom. The number of ether oxygens (including phenoxy) is 1. The second kappa shape index (κ2) is 5.09. The summed E-state index contributed by atoms with van der Waals surface area (Å²) in [5.74, 6) is 7.56. The third-order valence-electron chi connectivity index (χ3n) is 2.27. The first-order valence-electron chi connectivity index (χ1n) is 5.13. The largest absolute Gasteiger partial charge is 0.493 e. The summed E-state index contributed by atoms with van der Waals surface area (Å²) in [7, 11) is 0. The van der Waals surface area contributed by atoms with Gasteiger partial charge in [0.15, 0.2) is 5.12 Å². The highest BCUT2D eigenvalue weighted by Gasteiger charge is 2.10. The SMILES string of the molecule is CC(=O)SCC#Cc1ccc2c(c1)CCO2. The van der Waals surface area contributed by atoms with E-state index in [-0.39, 0.29) is 5.12 Å². The molecule has 2 rings (SSSR count). The van der Waals surface area contributed by atoms with Gasteiger partial charge in [-0.05, 0) is 23.8 Å². The van der Waals surface area contributed by atoms with Crippen LogP contribution < -0.4 is 4.74 Å². The lowest BCUT2D eigenvalue weighted by Gasteiger charge is -1.97. The summed E-state index contributed by atoms with van der Waals surface area (Å²) in [5, 5.41) is 0.108. The Labute approximate surface area is 99.4 Å². The van der Waals surface area contributed by atoms with Crippen LogP contribution in [0.4, 0.5) is 0 Å². The molecule has 0 saturated carbocycles. The Balaban J connectivity index is 2.02. The summed E-state index contributed by atoms with van der Waals surface area (Å²) in [6, 6.07) is 5.98. The molecule has 0 fully saturated rings. The van der Waals surface area contributed by atoms with Crippen LogP contribution in [0.15, 0.2) is 18.2 Å². The van der Waals surface area contributed by atoms with Gasteiger partial charge in [-0.2, -0.15) is 0 Å². The quantitative estimate of drug-likeness (QED) is 0.695. The number of rotatable bonds is 1. The van der Waals surface area contributed by atoms with Gasteiger partial charge in [0.25, 0.3) is 0 Å². The van der Waals surface area contributed by atoms with E-state index < -0.39 is 0 Å². The molecule has 1 aliphatic rings. The maximum atomic E-state index is 10.7. The van der Waals surface area contributed by atoms with Gasteiger partial charge in [-0.1, -0.05) is 23.6 Å². The van der Waals surface area contributed by atoms with Crippen molar-refractivity contribution in [2.24, 2.45) is 0 Å². The normalized spacial score (nSPS) is 12.3. The van der Waals surface area contributed by atoms with Gasteiger partial charge in [0, 0.05) is 18.9 Å². The van der Waals surface area contributed by atoms with Crippen LogP contribution in [0, 0.1) is 11.8 Å². The predicted molar refractivity (Wildman–Crippen MR) is 65.7 cm³/mol. The number of hydrogen-bond donors (Lipinski definition) is 0. The minimum atomic E-state index is 0.108. The molecule has 1 heterocycles. The molecule has 0 saturated heterocycles. The standard InChI is InChI=1S/C13H12O2S/c1-10(14)16-8-2-3-11-4-5-13-12(9-11)6-7-15-13/h4-5,9H,6-8H2,1H3. The molecule has 0 aliphatic carbocycles. The number of carbonyl (C=O) groups excluding carboxylic acids is 1. The van der Waals surface area contributed by atoms with Gasteiger partial charge in [0.2, 0.25) is 0 Å². The topological polar surface area (TPSA) is 26.3 Å². The summed E-state index contributed by atoms with van der Waals surface area (Å²) in [4.78, 5) is 10.7. The predicted octanol–water partition coefficient (Wildman–Crippen LogP) is 2.25. The molecule has 0 amide bonds. The van der Waals surface area contributed by atoms with E-state index in [0.717, 1.165) is 24.3 Å². The van der Waals surface area contributed by atoms with E-state index in [0.29, 0.717) is 5.75 Å². The highest BCUT2D eigenvalue weighted by atomic mass is 32.2. The zero-order chi connectivity index (χ0) is 11.4. The fourth-order valence-corrected chi connectivity index (χ4v) is 1.89. The first kappa shape index (κ1) is 11.1. The third-order valence-corrected chi connectivity index (χ3v) is 2.96. The van der Waals surface area contributed by atoms with Crippen molar-refractivity contribution in [3.05, 3.63) is 29.3 Å². The molecule has 0 atom stereocenters. The van der Waals surface area contributed by atoms with Crippen molar-refractivity contribution in [2.75, 3.05) is 12.4 Å². The molecule has 0 spiro atoms. The van der Waals surface area contributed by atoms with Crippen LogP contribution >= 0.6 is 11.8 Å². The number of thioether (sulfide) groups is 1. The average Bonchev–Trinajstić information content (AvgIpc) is 2.71. The van der Waals surface area contributed by atoms with Gasteiger partial charge in [-0.25, -0.2) is 0 Å². The van der Waals surface area contributed by atoms with Crippen LogP contribution in [0.3, 0.4) is 0 Å². The van der Waals surface area contributed by atoms with Crippen LogP contribution in [-0.4, -0.2) is 17.5 Å². The number of fused-ring (bicyclic) bond motifs is 1. The van der Waals surface area contributed by atoms with Gasteiger partial charge in [0.1, 0.15) is 5.75 Å². The highest BCUT2D eigenvalue weighted by Crippen LogP contribution is 2.25. The number of carbonyl (C=O) groups is 1. The van der Waals surface area contributed by atoms with Crippen molar-refractivity contribution in [3.63, 3.8) is 0 Å². The Kier molecular flexibility index (Phi) is 3.53. The maximum absolute atomic E-state index is 10.7. The molecule has 0 bridgehead atoms. The van der Waals surface area contributed by atoms with Crippen molar-refractivity contribution < 1.29 is 9.53 Å². The van der Waals surface area contributed by atoms with Gasteiger partial charge in [0.05, 0.1) is 12.4 Å². The number of hydrogen-bond acceptors (Lipinski definition) is 3. The van der Waals surface area contributed by atoms with E-state index >= 15 is 0 Å². The molecule has 82 valence electrons. The smallest absolute Gasteiger partial charge is 0.186 e. The van der Waals surface area contributed by atoms with Crippen LogP contribution in [0.1, 0.15) is 18.1 Å². The second-order valence-electron chi connectivity index (χ2n) is 3.50. The van der Waals surface area contributed by atoms with Crippen molar-refractivity contribution in [2.45, 2.75) is 13.3 Å². The van der Waals surface area contributed by atoms with Crippen LogP contribution in [0.2, 0.25) is 0 Å². The Morgan fingerprint density at radius 3 is 3.25 bits per heavy atom. The van der Waals surface area contributed by atoms with Crippen LogP contribution in [0.25, 0.3) is 0 Å². The van der Waals surface area contributed by atoms with Gasteiger partial charge in [-0.3, -0.25) is 4.79 Å². The molecular formula is C13H12O2S. The van der Waals surface area contributed by atoms with Crippen molar-refractivity contribution in [3.8, 4) is 17.6 Å². The minimum Gasteiger partial charge on any atom is -0.493 e. The molecule has 0 radical (unpaired) electrons. The lowest BCUT2D eigenvalue weighted by molar-refractivity contribution is -0.109. The Hall–Kier alpha value is -1.40. The van der Waals surface area contributed by atoms with Gasteiger partial charge in [-0.15, -0.1) is 0 Å². The molecule has 0 aromatic heterocycles. The monoisotopic (exact) mass is 232 g/mol. The van der Waals surface area contributed by atoms with E-state index in [9.17, 15) is 4.79 Å². The summed E-state index contributed by atoms with van der Waals surface area (Å²) < 4.78 is 5.41.